The van der Waals surface area contributed by atoms with Crippen molar-refractivity contribution in [1.29, 1.82) is 0 Å². The SMILES string of the molecule is C(#Cc1ccccc1)CNc1cccc2c1CCCC2. The van der Waals surface area contributed by atoms with Crippen molar-refractivity contribution >= 4 is 5.69 Å². The van der Waals surface area contributed by atoms with E-state index >= 15 is 0 Å². The Hall–Kier alpha value is -2.20. The number of fused-ring (bicyclic) bond motifs is 1. The third-order valence-corrected chi connectivity index (χ3v) is 3.77. The lowest BCUT2D eigenvalue weighted by atomic mass is 9.90. The lowest BCUT2D eigenvalue weighted by molar-refractivity contribution is 0.686. The average Bonchev–Trinajstić information content (AvgIpc) is 2.53. The van der Waals surface area contributed by atoms with E-state index in [9.17, 15) is 0 Å². The first-order valence-electron chi connectivity index (χ1n) is 7.32. The van der Waals surface area contributed by atoms with E-state index in [1.54, 1.807) is 0 Å². The van der Waals surface area contributed by atoms with Crippen molar-refractivity contribution in [2.75, 3.05) is 11.9 Å². The molecule has 0 bridgehead atoms. The fourth-order valence-electron chi connectivity index (χ4n) is 2.75. The van der Waals surface area contributed by atoms with Crippen LogP contribution in [-0.4, -0.2) is 6.54 Å². The highest BCUT2D eigenvalue weighted by atomic mass is 14.9. The van der Waals surface area contributed by atoms with Crippen LogP contribution in [-0.2, 0) is 12.8 Å². The van der Waals surface area contributed by atoms with Crippen molar-refractivity contribution in [3.63, 3.8) is 0 Å². The fourth-order valence-corrected chi connectivity index (χ4v) is 2.75. The van der Waals surface area contributed by atoms with Crippen molar-refractivity contribution in [3.8, 4) is 11.8 Å². The molecule has 0 spiro atoms. The minimum absolute atomic E-state index is 0.700. The minimum atomic E-state index is 0.700. The van der Waals surface area contributed by atoms with Gasteiger partial charge in [0.1, 0.15) is 0 Å². The molecule has 2 aromatic carbocycles. The quantitative estimate of drug-likeness (QED) is 0.805. The maximum absolute atomic E-state index is 3.47. The van der Waals surface area contributed by atoms with E-state index in [0.29, 0.717) is 6.54 Å². The van der Waals surface area contributed by atoms with Gasteiger partial charge in [0.2, 0.25) is 0 Å². The van der Waals surface area contributed by atoms with Crippen LogP contribution in [0.15, 0.2) is 48.5 Å². The van der Waals surface area contributed by atoms with Crippen LogP contribution < -0.4 is 5.32 Å². The molecular weight excluding hydrogens is 242 g/mol. The van der Waals surface area contributed by atoms with E-state index in [1.807, 2.05) is 30.3 Å². The van der Waals surface area contributed by atoms with Crippen LogP contribution in [0.25, 0.3) is 0 Å². The molecule has 0 aliphatic heterocycles. The van der Waals surface area contributed by atoms with Crippen LogP contribution in [0.1, 0.15) is 29.5 Å². The van der Waals surface area contributed by atoms with Gasteiger partial charge < -0.3 is 5.32 Å². The number of hydrogen-bond donors (Lipinski definition) is 1. The van der Waals surface area contributed by atoms with Crippen LogP contribution >= 0.6 is 0 Å². The summed E-state index contributed by atoms with van der Waals surface area (Å²) in [7, 11) is 0. The van der Waals surface area contributed by atoms with Gasteiger partial charge in [-0.25, -0.2) is 0 Å². The molecule has 1 nitrogen and oxygen atoms in total. The molecule has 2 aromatic rings. The van der Waals surface area contributed by atoms with E-state index in [2.05, 4.69) is 35.4 Å². The summed E-state index contributed by atoms with van der Waals surface area (Å²) < 4.78 is 0. The summed E-state index contributed by atoms with van der Waals surface area (Å²) >= 11 is 0. The van der Waals surface area contributed by atoms with Crippen molar-refractivity contribution in [1.82, 2.24) is 0 Å². The molecule has 0 aromatic heterocycles. The van der Waals surface area contributed by atoms with E-state index in [1.165, 1.54) is 42.5 Å². The summed E-state index contributed by atoms with van der Waals surface area (Å²) in [6, 6.07) is 16.7. The zero-order valence-corrected chi connectivity index (χ0v) is 11.7. The molecule has 0 amide bonds. The minimum Gasteiger partial charge on any atom is -0.374 e. The summed E-state index contributed by atoms with van der Waals surface area (Å²) in [5, 5.41) is 3.47. The number of nitrogens with one attached hydrogen (secondary N) is 1. The smallest absolute Gasteiger partial charge is 0.0769 e. The van der Waals surface area contributed by atoms with E-state index in [4.69, 9.17) is 0 Å². The normalized spacial score (nSPS) is 13.0. The standard InChI is InChI=1S/C19H19N/c1-2-8-16(9-3-1)10-7-15-20-19-14-6-12-17-11-4-5-13-18(17)19/h1-3,6,8-9,12,14,20H,4-5,11,13,15H2. The highest BCUT2D eigenvalue weighted by molar-refractivity contribution is 5.56. The van der Waals surface area contributed by atoms with Gasteiger partial charge in [-0.1, -0.05) is 42.2 Å². The summed E-state index contributed by atoms with van der Waals surface area (Å²) in [6.07, 6.45) is 5.05. The second-order valence-electron chi connectivity index (χ2n) is 5.17. The number of benzene rings is 2. The van der Waals surface area contributed by atoms with Crippen molar-refractivity contribution < 1.29 is 0 Å². The number of aryl methyl sites for hydroxylation is 1. The Bertz CT molecular complexity index is 632. The summed E-state index contributed by atoms with van der Waals surface area (Å²) in [4.78, 5) is 0. The second-order valence-corrected chi connectivity index (χ2v) is 5.17. The molecule has 1 N–H and O–H groups in total. The van der Waals surface area contributed by atoms with E-state index in [-0.39, 0.29) is 0 Å². The molecule has 0 atom stereocenters. The van der Waals surface area contributed by atoms with Crippen LogP contribution in [0, 0.1) is 11.8 Å². The lowest BCUT2D eigenvalue weighted by Gasteiger charge is -2.19. The predicted molar refractivity (Wildman–Crippen MR) is 84.9 cm³/mol. The highest BCUT2D eigenvalue weighted by Crippen LogP contribution is 2.27. The number of rotatable bonds is 2. The molecule has 0 heterocycles. The maximum Gasteiger partial charge on any atom is 0.0769 e. The van der Waals surface area contributed by atoms with Gasteiger partial charge in [0.05, 0.1) is 6.54 Å². The Morgan fingerprint density at radius 2 is 1.75 bits per heavy atom. The van der Waals surface area contributed by atoms with Crippen molar-refractivity contribution in [2.24, 2.45) is 0 Å². The second kappa shape index (κ2) is 6.30. The zero-order chi connectivity index (χ0) is 13.6. The number of hydrogen-bond acceptors (Lipinski definition) is 1. The summed E-state index contributed by atoms with van der Waals surface area (Å²) in [5.74, 6) is 6.38. The Morgan fingerprint density at radius 1 is 0.900 bits per heavy atom. The molecule has 0 unspecified atom stereocenters. The van der Waals surface area contributed by atoms with Crippen molar-refractivity contribution in [3.05, 3.63) is 65.2 Å². The molecule has 0 saturated carbocycles. The molecule has 0 saturated heterocycles. The van der Waals surface area contributed by atoms with E-state index < -0.39 is 0 Å². The zero-order valence-electron chi connectivity index (χ0n) is 11.7. The molecule has 1 aliphatic carbocycles. The first-order valence-corrected chi connectivity index (χ1v) is 7.32. The Labute approximate surface area is 121 Å². The van der Waals surface area contributed by atoms with Crippen LogP contribution in [0.2, 0.25) is 0 Å². The van der Waals surface area contributed by atoms with Gasteiger partial charge >= 0.3 is 0 Å². The Kier molecular flexibility index (Phi) is 4.04. The molecule has 0 fully saturated rings. The van der Waals surface area contributed by atoms with Crippen molar-refractivity contribution in [2.45, 2.75) is 25.7 Å². The summed E-state index contributed by atoms with van der Waals surface area (Å²) in [6.45, 7) is 0.700. The largest absolute Gasteiger partial charge is 0.374 e. The molecule has 3 rings (SSSR count). The maximum atomic E-state index is 3.47. The molecule has 20 heavy (non-hydrogen) atoms. The van der Waals surface area contributed by atoms with Gasteiger partial charge in [-0.2, -0.15) is 0 Å². The molecule has 1 aliphatic rings. The third kappa shape index (κ3) is 3.03. The fraction of sp³-hybridized carbons (Fsp3) is 0.263. The van der Waals surface area contributed by atoms with Gasteiger partial charge in [0.15, 0.2) is 0 Å². The Morgan fingerprint density at radius 3 is 2.65 bits per heavy atom. The molecule has 100 valence electrons. The van der Waals surface area contributed by atoms with Gasteiger partial charge in [0, 0.05) is 11.3 Å². The molecule has 0 radical (unpaired) electrons. The van der Waals surface area contributed by atoms with Crippen LogP contribution in [0.5, 0.6) is 0 Å². The van der Waals surface area contributed by atoms with Gasteiger partial charge in [-0.15, -0.1) is 0 Å². The van der Waals surface area contributed by atoms with E-state index in [0.717, 1.165) is 5.56 Å². The molecule has 1 heteroatoms. The van der Waals surface area contributed by atoms with Gasteiger partial charge in [-0.05, 0) is 55.0 Å². The van der Waals surface area contributed by atoms with Crippen LogP contribution in [0.4, 0.5) is 5.69 Å². The monoisotopic (exact) mass is 261 g/mol. The first kappa shape index (κ1) is 12.8. The highest BCUT2D eigenvalue weighted by Gasteiger charge is 2.11. The van der Waals surface area contributed by atoms with Gasteiger partial charge in [0.25, 0.3) is 0 Å². The van der Waals surface area contributed by atoms with Gasteiger partial charge in [-0.3, -0.25) is 0 Å². The predicted octanol–water partition coefficient (Wildman–Crippen LogP) is 4.03. The topological polar surface area (TPSA) is 12.0 Å². The summed E-state index contributed by atoms with van der Waals surface area (Å²) in [5.41, 5.74) is 5.35. The third-order valence-electron chi connectivity index (χ3n) is 3.77. The average molecular weight is 261 g/mol. The van der Waals surface area contributed by atoms with Crippen LogP contribution in [0.3, 0.4) is 0 Å². The first-order chi connectivity index (χ1) is 9.93. The lowest BCUT2D eigenvalue weighted by Crippen LogP contribution is -2.08. The molecular formula is C19H19N. The number of anilines is 1. The Balaban J connectivity index is 1.66.